The van der Waals surface area contributed by atoms with Crippen LogP contribution in [-0.2, 0) is 16.1 Å². The number of carbonyl (C=O) groups excluding carboxylic acids is 1. The molecular weight excluding hydrogens is 278 g/mol. The Labute approximate surface area is 123 Å². The topological polar surface area (TPSA) is 45.7 Å². The lowest BCUT2D eigenvalue weighted by atomic mass is 9.99. The molecule has 3 rings (SSSR count). The normalized spacial score (nSPS) is 27.5. The quantitative estimate of drug-likeness (QED) is 0.821. The number of piperidine rings is 1. The molecule has 2 aliphatic heterocycles. The Morgan fingerprint density at radius 2 is 2.35 bits per heavy atom. The zero-order chi connectivity index (χ0) is 14.1. The first-order valence-corrected chi connectivity index (χ1v) is 7.21. The summed E-state index contributed by atoms with van der Waals surface area (Å²) in [5, 5.41) is 0.651. The maximum absolute atomic E-state index is 11.7. The summed E-state index contributed by atoms with van der Waals surface area (Å²) < 4.78 is 5.63. The fourth-order valence-corrected chi connectivity index (χ4v) is 2.99. The van der Waals surface area contributed by atoms with Gasteiger partial charge in [-0.3, -0.25) is 14.7 Å². The molecular formula is C14H18ClN3O2. The fraction of sp³-hybridized carbons (Fsp3) is 0.571. The Morgan fingerprint density at radius 1 is 1.50 bits per heavy atom. The highest BCUT2D eigenvalue weighted by molar-refractivity contribution is 6.30. The van der Waals surface area contributed by atoms with Crippen molar-refractivity contribution < 1.29 is 9.53 Å². The molecule has 1 aromatic rings. The van der Waals surface area contributed by atoms with E-state index < -0.39 is 0 Å². The van der Waals surface area contributed by atoms with E-state index in [0.29, 0.717) is 5.02 Å². The molecule has 0 unspecified atom stereocenters. The molecule has 0 bridgehead atoms. The molecule has 2 aliphatic rings. The van der Waals surface area contributed by atoms with Crippen LogP contribution in [0.1, 0.15) is 12.1 Å². The molecule has 0 aliphatic carbocycles. The van der Waals surface area contributed by atoms with Gasteiger partial charge in [-0.25, -0.2) is 0 Å². The highest BCUT2D eigenvalue weighted by Gasteiger charge is 2.38. The fourth-order valence-electron chi connectivity index (χ4n) is 2.88. The van der Waals surface area contributed by atoms with Gasteiger partial charge in [0.05, 0.1) is 22.9 Å². The van der Waals surface area contributed by atoms with Crippen LogP contribution in [0.3, 0.4) is 0 Å². The second kappa shape index (κ2) is 5.68. The standard InChI is InChI=1S/C14H18ClN3O2/c1-17-12-8-18(5-4-13(12)20-9-14(17)19)7-11-3-2-10(15)6-16-11/h2-3,6,12-13H,4-5,7-9H2,1H3/t12-,13+/m0/s1. The van der Waals surface area contributed by atoms with E-state index >= 15 is 0 Å². The van der Waals surface area contributed by atoms with E-state index in [-0.39, 0.29) is 24.7 Å². The van der Waals surface area contributed by atoms with E-state index in [1.54, 1.807) is 6.20 Å². The van der Waals surface area contributed by atoms with Crippen LogP contribution in [0.2, 0.25) is 5.02 Å². The summed E-state index contributed by atoms with van der Waals surface area (Å²) in [7, 11) is 1.87. The van der Waals surface area contributed by atoms with Gasteiger partial charge >= 0.3 is 0 Å². The van der Waals surface area contributed by atoms with Gasteiger partial charge in [0.1, 0.15) is 6.61 Å². The van der Waals surface area contributed by atoms with Crippen molar-refractivity contribution >= 4 is 17.5 Å². The number of morpholine rings is 1. The number of aromatic nitrogens is 1. The zero-order valence-electron chi connectivity index (χ0n) is 11.5. The number of carbonyl (C=O) groups is 1. The third-order valence-electron chi connectivity index (χ3n) is 4.09. The van der Waals surface area contributed by atoms with Crippen molar-refractivity contribution in [2.45, 2.75) is 25.1 Å². The molecule has 0 N–H and O–H groups in total. The maximum atomic E-state index is 11.7. The lowest BCUT2D eigenvalue weighted by Crippen LogP contribution is -2.60. The average molecular weight is 296 g/mol. The average Bonchev–Trinajstić information content (AvgIpc) is 2.46. The van der Waals surface area contributed by atoms with Crippen molar-refractivity contribution in [1.82, 2.24) is 14.8 Å². The Hall–Kier alpha value is -1.17. The molecule has 0 saturated carbocycles. The van der Waals surface area contributed by atoms with Crippen molar-refractivity contribution in [3.8, 4) is 0 Å². The highest BCUT2D eigenvalue weighted by Crippen LogP contribution is 2.23. The number of nitrogens with zero attached hydrogens (tertiary/aromatic N) is 3. The van der Waals surface area contributed by atoms with Crippen LogP contribution < -0.4 is 0 Å². The monoisotopic (exact) mass is 295 g/mol. The molecule has 1 aromatic heterocycles. The minimum Gasteiger partial charge on any atom is -0.366 e. The molecule has 3 heterocycles. The van der Waals surface area contributed by atoms with Gasteiger partial charge in [-0.2, -0.15) is 0 Å². The maximum Gasteiger partial charge on any atom is 0.248 e. The highest BCUT2D eigenvalue weighted by atomic mass is 35.5. The second-order valence-corrected chi connectivity index (χ2v) is 5.85. The Morgan fingerprint density at radius 3 is 3.10 bits per heavy atom. The number of ether oxygens (including phenoxy) is 1. The number of hydrogen-bond acceptors (Lipinski definition) is 4. The van der Waals surface area contributed by atoms with Crippen LogP contribution in [0.5, 0.6) is 0 Å². The molecule has 2 saturated heterocycles. The lowest BCUT2D eigenvalue weighted by Gasteiger charge is -2.45. The van der Waals surface area contributed by atoms with E-state index in [4.69, 9.17) is 16.3 Å². The number of likely N-dealkylation sites (N-methyl/N-ethyl adjacent to an activating group) is 1. The summed E-state index contributed by atoms with van der Waals surface area (Å²) in [6.07, 6.45) is 2.80. The molecule has 6 heteroatoms. The van der Waals surface area contributed by atoms with Gasteiger partial charge < -0.3 is 9.64 Å². The Balaban J connectivity index is 1.65. The van der Waals surface area contributed by atoms with Crippen LogP contribution in [0.4, 0.5) is 0 Å². The van der Waals surface area contributed by atoms with Crippen LogP contribution in [0.25, 0.3) is 0 Å². The van der Waals surface area contributed by atoms with Crippen LogP contribution in [0.15, 0.2) is 18.3 Å². The van der Waals surface area contributed by atoms with Crippen molar-refractivity contribution in [3.05, 3.63) is 29.0 Å². The molecule has 1 amide bonds. The van der Waals surface area contributed by atoms with Gasteiger partial charge in [-0.15, -0.1) is 0 Å². The van der Waals surface area contributed by atoms with Crippen molar-refractivity contribution in [3.63, 3.8) is 0 Å². The van der Waals surface area contributed by atoms with Gasteiger partial charge in [0.2, 0.25) is 5.91 Å². The molecule has 0 aromatic carbocycles. The lowest BCUT2D eigenvalue weighted by molar-refractivity contribution is -0.160. The molecule has 0 radical (unpaired) electrons. The van der Waals surface area contributed by atoms with Gasteiger partial charge in [0.25, 0.3) is 0 Å². The van der Waals surface area contributed by atoms with E-state index in [1.165, 1.54) is 0 Å². The zero-order valence-corrected chi connectivity index (χ0v) is 12.2. The summed E-state index contributed by atoms with van der Waals surface area (Å²) in [5.74, 6) is 0.0673. The predicted molar refractivity (Wildman–Crippen MR) is 75.4 cm³/mol. The van der Waals surface area contributed by atoms with Gasteiger partial charge in [-0.05, 0) is 18.6 Å². The molecule has 20 heavy (non-hydrogen) atoms. The van der Waals surface area contributed by atoms with Crippen LogP contribution in [-0.4, -0.2) is 59.6 Å². The second-order valence-electron chi connectivity index (χ2n) is 5.41. The van der Waals surface area contributed by atoms with E-state index in [1.807, 2.05) is 24.1 Å². The molecule has 2 atom stereocenters. The molecule has 2 fully saturated rings. The molecule has 0 spiro atoms. The van der Waals surface area contributed by atoms with Crippen LogP contribution >= 0.6 is 11.6 Å². The molecule has 108 valence electrons. The largest absolute Gasteiger partial charge is 0.366 e. The number of rotatable bonds is 2. The first kappa shape index (κ1) is 13.8. The Kier molecular flexibility index (Phi) is 3.92. The summed E-state index contributed by atoms with van der Waals surface area (Å²) in [4.78, 5) is 20.2. The SMILES string of the molecule is CN1C(=O)CO[C@@H]2CCN(Cc3ccc(Cl)cn3)C[C@@H]21. The summed E-state index contributed by atoms with van der Waals surface area (Å²) in [6, 6.07) is 3.95. The van der Waals surface area contributed by atoms with E-state index in [0.717, 1.165) is 31.7 Å². The minimum atomic E-state index is 0.0673. The van der Waals surface area contributed by atoms with Crippen LogP contribution in [0, 0.1) is 0 Å². The number of hydrogen-bond donors (Lipinski definition) is 0. The first-order valence-electron chi connectivity index (χ1n) is 6.83. The van der Waals surface area contributed by atoms with Gasteiger partial charge in [0, 0.05) is 32.9 Å². The predicted octanol–water partition coefficient (Wildman–Crippen LogP) is 1.17. The molecule has 5 nitrogen and oxygen atoms in total. The van der Waals surface area contributed by atoms with Gasteiger partial charge in [-0.1, -0.05) is 11.6 Å². The van der Waals surface area contributed by atoms with Crippen molar-refractivity contribution in [2.24, 2.45) is 0 Å². The summed E-state index contributed by atoms with van der Waals surface area (Å²) >= 11 is 5.84. The number of fused-ring (bicyclic) bond motifs is 1. The Bertz CT molecular complexity index is 494. The minimum absolute atomic E-state index is 0.0673. The number of amides is 1. The van der Waals surface area contributed by atoms with Gasteiger partial charge in [0.15, 0.2) is 0 Å². The summed E-state index contributed by atoms with van der Waals surface area (Å²) in [6.45, 7) is 2.80. The number of likely N-dealkylation sites (tertiary alicyclic amines) is 1. The number of halogens is 1. The third kappa shape index (κ3) is 2.80. The first-order chi connectivity index (χ1) is 9.63. The van der Waals surface area contributed by atoms with E-state index in [2.05, 4.69) is 9.88 Å². The van der Waals surface area contributed by atoms with Crippen molar-refractivity contribution in [2.75, 3.05) is 26.7 Å². The van der Waals surface area contributed by atoms with Crippen molar-refractivity contribution in [1.29, 1.82) is 0 Å². The smallest absolute Gasteiger partial charge is 0.248 e. The third-order valence-corrected chi connectivity index (χ3v) is 4.31. The summed E-state index contributed by atoms with van der Waals surface area (Å²) in [5.41, 5.74) is 0.999. The van der Waals surface area contributed by atoms with E-state index in [9.17, 15) is 4.79 Å². The number of pyridine rings is 1.